The second-order valence-corrected chi connectivity index (χ2v) is 10.4. The fourth-order valence-corrected chi connectivity index (χ4v) is 5.98. The molecule has 0 spiro atoms. The second-order valence-electron chi connectivity index (χ2n) is 10.4. The Hall–Kier alpha value is -4.16. The third-order valence-electron chi connectivity index (χ3n) is 7.95. The van der Waals surface area contributed by atoms with Crippen LogP contribution in [-0.2, 0) is 22.4 Å². The first-order valence-electron chi connectivity index (χ1n) is 13.9. The summed E-state index contributed by atoms with van der Waals surface area (Å²) < 4.78 is 5.42. The number of nitrogens with zero attached hydrogens (tertiary/aromatic N) is 1. The number of fused-ring (bicyclic) bond motifs is 1. The zero-order chi connectivity index (χ0) is 27.9. The molecule has 0 bridgehead atoms. The number of hydrogen-bond donors (Lipinski definition) is 2. The minimum absolute atomic E-state index is 0.114. The highest BCUT2D eigenvalue weighted by Gasteiger charge is 2.48. The van der Waals surface area contributed by atoms with Crippen molar-refractivity contribution in [1.82, 2.24) is 10.2 Å². The summed E-state index contributed by atoms with van der Waals surface area (Å²) in [4.78, 5) is 30.0. The molecular formula is C34H36N2O4. The first kappa shape index (κ1) is 27.4. The van der Waals surface area contributed by atoms with E-state index in [4.69, 9.17) is 4.74 Å². The summed E-state index contributed by atoms with van der Waals surface area (Å²) in [5.41, 5.74) is 3.42. The molecule has 1 heterocycles. The van der Waals surface area contributed by atoms with E-state index in [9.17, 15) is 14.7 Å². The molecule has 4 atom stereocenters. The number of amides is 2. The fraction of sp³-hybridized carbons (Fsp3) is 0.294. The van der Waals surface area contributed by atoms with Gasteiger partial charge in [0.2, 0.25) is 5.91 Å². The number of aliphatic hydroxyl groups excluding tert-OH is 1. The van der Waals surface area contributed by atoms with Gasteiger partial charge in [0.05, 0.1) is 31.7 Å². The van der Waals surface area contributed by atoms with Gasteiger partial charge < -0.3 is 20.1 Å². The van der Waals surface area contributed by atoms with E-state index in [-0.39, 0.29) is 24.3 Å². The van der Waals surface area contributed by atoms with Crippen molar-refractivity contribution in [3.63, 3.8) is 0 Å². The van der Waals surface area contributed by atoms with Crippen LogP contribution in [0.25, 0.3) is 0 Å². The summed E-state index contributed by atoms with van der Waals surface area (Å²) in [6.07, 6.45) is 7.77. The quantitative estimate of drug-likeness (QED) is 0.395. The molecule has 6 nitrogen and oxygen atoms in total. The lowest BCUT2D eigenvalue weighted by molar-refractivity contribution is -0.125. The van der Waals surface area contributed by atoms with Gasteiger partial charge in [-0.15, -0.1) is 0 Å². The molecule has 5 rings (SSSR count). The number of ether oxygens (including phenoxy) is 1. The van der Waals surface area contributed by atoms with Gasteiger partial charge in [-0.05, 0) is 54.2 Å². The lowest BCUT2D eigenvalue weighted by Gasteiger charge is -2.48. The highest BCUT2D eigenvalue weighted by atomic mass is 16.5. The lowest BCUT2D eigenvalue weighted by atomic mass is 9.74. The van der Waals surface area contributed by atoms with Crippen LogP contribution in [0.4, 0.5) is 0 Å². The van der Waals surface area contributed by atoms with Crippen LogP contribution in [0.2, 0.25) is 0 Å². The zero-order valence-electron chi connectivity index (χ0n) is 22.8. The van der Waals surface area contributed by atoms with Gasteiger partial charge in [-0.1, -0.05) is 84.9 Å². The Morgan fingerprint density at radius 3 is 2.33 bits per heavy atom. The van der Waals surface area contributed by atoms with Crippen molar-refractivity contribution in [1.29, 1.82) is 0 Å². The molecule has 1 aliphatic carbocycles. The Labute approximate surface area is 236 Å². The van der Waals surface area contributed by atoms with Gasteiger partial charge in [0.15, 0.2) is 0 Å². The van der Waals surface area contributed by atoms with Crippen molar-refractivity contribution in [2.24, 2.45) is 5.92 Å². The molecule has 0 aromatic heterocycles. The van der Waals surface area contributed by atoms with Crippen LogP contribution in [0.1, 0.15) is 39.4 Å². The molecule has 0 radical (unpaired) electrons. The van der Waals surface area contributed by atoms with Crippen molar-refractivity contribution < 1.29 is 19.4 Å². The number of rotatable bonds is 10. The molecule has 40 heavy (non-hydrogen) atoms. The number of benzene rings is 3. The summed E-state index contributed by atoms with van der Waals surface area (Å²) in [7, 11) is 1.63. The third kappa shape index (κ3) is 5.87. The number of nitrogens with one attached hydrogen (secondary N) is 1. The maximum atomic E-state index is 14.2. The van der Waals surface area contributed by atoms with E-state index in [0.717, 1.165) is 22.4 Å². The van der Waals surface area contributed by atoms with Gasteiger partial charge in [-0.25, -0.2) is 0 Å². The molecule has 3 aromatic rings. The third-order valence-corrected chi connectivity index (χ3v) is 7.95. The smallest absolute Gasteiger partial charge is 0.254 e. The maximum absolute atomic E-state index is 14.2. The first-order valence-corrected chi connectivity index (χ1v) is 13.9. The number of carbonyl (C=O) groups is 2. The van der Waals surface area contributed by atoms with Crippen LogP contribution in [0, 0.1) is 5.92 Å². The maximum Gasteiger partial charge on any atom is 0.254 e. The monoisotopic (exact) mass is 536 g/mol. The Kier molecular flexibility index (Phi) is 8.77. The van der Waals surface area contributed by atoms with E-state index in [1.807, 2.05) is 97.1 Å². The predicted molar refractivity (Wildman–Crippen MR) is 156 cm³/mol. The summed E-state index contributed by atoms with van der Waals surface area (Å²) in [6, 6.07) is 26.4. The summed E-state index contributed by atoms with van der Waals surface area (Å²) in [5.74, 6) is -0.235. The largest absolute Gasteiger partial charge is 0.497 e. The number of allylic oxidation sites excluding steroid dienone is 2. The van der Waals surface area contributed by atoms with Gasteiger partial charge >= 0.3 is 0 Å². The second kappa shape index (κ2) is 12.8. The van der Waals surface area contributed by atoms with E-state index in [1.54, 1.807) is 18.1 Å². The average Bonchev–Trinajstić information content (AvgIpc) is 3.01. The lowest BCUT2D eigenvalue weighted by Crippen LogP contribution is -2.60. The van der Waals surface area contributed by atoms with Crippen molar-refractivity contribution in [2.75, 3.05) is 20.3 Å². The van der Waals surface area contributed by atoms with Crippen LogP contribution in [-0.4, -0.2) is 54.2 Å². The highest BCUT2D eigenvalue weighted by Crippen LogP contribution is 2.41. The fourth-order valence-electron chi connectivity index (χ4n) is 5.98. The van der Waals surface area contributed by atoms with Gasteiger partial charge in [-0.2, -0.15) is 0 Å². The van der Waals surface area contributed by atoms with Crippen molar-refractivity contribution in [3.05, 3.63) is 131 Å². The van der Waals surface area contributed by atoms with Crippen molar-refractivity contribution in [2.45, 2.75) is 37.3 Å². The van der Waals surface area contributed by atoms with E-state index >= 15 is 0 Å². The number of aliphatic hydroxyl groups is 1. The average molecular weight is 537 g/mol. The highest BCUT2D eigenvalue weighted by molar-refractivity contribution is 6.01. The molecule has 3 aromatic carbocycles. The van der Waals surface area contributed by atoms with Crippen LogP contribution in [0.15, 0.2) is 109 Å². The minimum Gasteiger partial charge on any atom is -0.497 e. The Morgan fingerprint density at radius 1 is 1.00 bits per heavy atom. The molecule has 2 N–H and O–H groups in total. The number of methoxy groups -OCH3 is 1. The van der Waals surface area contributed by atoms with Crippen LogP contribution < -0.4 is 5.32 Å². The van der Waals surface area contributed by atoms with Crippen molar-refractivity contribution in [3.8, 4) is 0 Å². The topological polar surface area (TPSA) is 78.9 Å². The van der Waals surface area contributed by atoms with Gasteiger partial charge in [0.1, 0.15) is 5.76 Å². The molecule has 6 heteroatoms. The Bertz CT molecular complexity index is 1370. The standard InChI is InChI=1S/C34H36N2O4/c1-40-28-18-16-26(17-19-28)32-31(33(38)35-21-20-24-10-4-2-5-11-24)29-14-8-9-15-30(29)34(39)36(32)27(23-37)22-25-12-6-3-7-13-25/h2-16,18-19,26-27,31-32,37H,17,20-23H2,1H3,(H,35,38)/t26?,27-,31-,32+/m0/s1. The first-order chi connectivity index (χ1) is 19.6. The van der Waals surface area contributed by atoms with E-state index < -0.39 is 18.0 Å². The molecule has 2 amide bonds. The molecule has 0 saturated carbocycles. The summed E-state index contributed by atoms with van der Waals surface area (Å²) in [6.45, 7) is 0.279. The molecule has 1 unspecified atom stereocenters. The minimum atomic E-state index is -0.596. The van der Waals surface area contributed by atoms with E-state index in [2.05, 4.69) is 5.32 Å². The molecule has 0 fully saturated rings. The molecular weight excluding hydrogens is 500 g/mol. The zero-order valence-corrected chi connectivity index (χ0v) is 22.8. The predicted octanol–water partition coefficient (Wildman–Crippen LogP) is 4.66. The molecule has 0 saturated heterocycles. The van der Waals surface area contributed by atoms with Crippen LogP contribution >= 0.6 is 0 Å². The van der Waals surface area contributed by atoms with Gasteiger partial charge in [-0.3, -0.25) is 9.59 Å². The van der Waals surface area contributed by atoms with Crippen LogP contribution in [0.5, 0.6) is 0 Å². The normalized spacial score (nSPS) is 20.9. The Morgan fingerprint density at radius 2 is 1.68 bits per heavy atom. The summed E-state index contributed by atoms with van der Waals surface area (Å²) >= 11 is 0. The molecule has 1 aliphatic heterocycles. The van der Waals surface area contributed by atoms with Crippen LogP contribution in [0.3, 0.4) is 0 Å². The van der Waals surface area contributed by atoms with E-state index in [0.29, 0.717) is 31.4 Å². The summed E-state index contributed by atoms with van der Waals surface area (Å²) in [5, 5.41) is 13.8. The number of carbonyl (C=O) groups excluding carboxylic acids is 2. The van der Waals surface area contributed by atoms with E-state index in [1.165, 1.54) is 0 Å². The van der Waals surface area contributed by atoms with Crippen molar-refractivity contribution >= 4 is 11.8 Å². The van der Waals surface area contributed by atoms with Gasteiger partial charge in [0, 0.05) is 18.0 Å². The number of hydrogen-bond acceptors (Lipinski definition) is 4. The Balaban J connectivity index is 1.52. The molecule has 206 valence electrons. The molecule has 2 aliphatic rings. The SMILES string of the molecule is COC1=CCC([C@@H]2[C@@H](C(=O)NCCc3ccccc3)c3ccccc3C(=O)N2[C@H](CO)Cc2ccccc2)C=C1. The van der Waals surface area contributed by atoms with Gasteiger partial charge in [0.25, 0.3) is 5.91 Å².